The summed E-state index contributed by atoms with van der Waals surface area (Å²) in [7, 11) is 1.92. The lowest BCUT2D eigenvalue weighted by Gasteiger charge is -2.19. The Morgan fingerprint density at radius 3 is 2.57 bits per heavy atom. The van der Waals surface area contributed by atoms with Crippen molar-refractivity contribution < 1.29 is 0 Å². The van der Waals surface area contributed by atoms with Gasteiger partial charge in [-0.3, -0.25) is 0 Å². The van der Waals surface area contributed by atoms with Gasteiger partial charge in [0.1, 0.15) is 0 Å². The predicted molar refractivity (Wildman–Crippen MR) is 96.9 cm³/mol. The third kappa shape index (κ3) is 4.48. The van der Waals surface area contributed by atoms with E-state index in [9.17, 15) is 0 Å². The van der Waals surface area contributed by atoms with E-state index in [0.29, 0.717) is 5.96 Å². The van der Waals surface area contributed by atoms with Crippen LogP contribution < -0.4 is 10.6 Å². The first kappa shape index (κ1) is 17.5. The van der Waals surface area contributed by atoms with Crippen LogP contribution in [0.3, 0.4) is 0 Å². The maximum absolute atomic E-state index is 6.10. The smallest absolute Gasteiger partial charge is 0.200 e. The van der Waals surface area contributed by atoms with E-state index >= 15 is 0 Å². The second kappa shape index (κ2) is 8.05. The fourth-order valence-electron chi connectivity index (χ4n) is 1.86. The van der Waals surface area contributed by atoms with Gasteiger partial charge in [-0.05, 0) is 52.2 Å². The van der Waals surface area contributed by atoms with Crippen LogP contribution in [0.5, 0.6) is 0 Å². The van der Waals surface area contributed by atoms with Crippen molar-refractivity contribution in [3.63, 3.8) is 0 Å². The van der Waals surface area contributed by atoms with E-state index in [1.165, 1.54) is 5.56 Å². The lowest BCUT2D eigenvalue weighted by molar-refractivity contribution is 1.13. The number of nitrogens with zero attached hydrogens (tertiary/aromatic N) is 2. The number of rotatable bonds is 3. The number of halogens is 2. The fourth-order valence-corrected chi connectivity index (χ4v) is 2.23. The first-order chi connectivity index (χ1) is 9.61. The number of aryl methyl sites for hydroxylation is 1. The zero-order chi connectivity index (χ0) is 14.5. The molecular weight excluding hydrogens is 350 g/mol. The van der Waals surface area contributed by atoms with E-state index in [2.05, 4.69) is 40.0 Å². The standard InChI is InChI=1S/C16H18BrN3.ClH/c1-3-12-7-6-8-13(11-12)20(2)16(18)19-15-10-5-4-9-14(15)17;/h4-11H,3H2,1-2H3,(H2,18,19);1H. The number of aliphatic imine (C=N–C) groups is 1. The van der Waals surface area contributed by atoms with Crippen LogP contribution in [0.15, 0.2) is 58.0 Å². The van der Waals surface area contributed by atoms with E-state index in [1.807, 2.05) is 48.3 Å². The molecule has 3 nitrogen and oxygen atoms in total. The molecule has 0 radical (unpaired) electrons. The summed E-state index contributed by atoms with van der Waals surface area (Å²) in [6, 6.07) is 16.1. The second-order valence-corrected chi connectivity index (χ2v) is 5.36. The maximum Gasteiger partial charge on any atom is 0.200 e. The van der Waals surface area contributed by atoms with Gasteiger partial charge in [0, 0.05) is 17.2 Å². The van der Waals surface area contributed by atoms with Gasteiger partial charge in [-0.2, -0.15) is 0 Å². The Labute approximate surface area is 140 Å². The molecule has 0 unspecified atom stereocenters. The number of nitrogens with two attached hydrogens (primary N) is 1. The van der Waals surface area contributed by atoms with Crippen LogP contribution in [-0.2, 0) is 6.42 Å². The van der Waals surface area contributed by atoms with Crippen LogP contribution in [0, 0.1) is 0 Å². The van der Waals surface area contributed by atoms with E-state index in [-0.39, 0.29) is 12.4 Å². The molecule has 0 aromatic heterocycles. The highest BCUT2D eigenvalue weighted by Crippen LogP contribution is 2.25. The molecule has 0 bridgehead atoms. The highest BCUT2D eigenvalue weighted by atomic mass is 79.9. The highest BCUT2D eigenvalue weighted by Gasteiger charge is 2.06. The van der Waals surface area contributed by atoms with E-state index in [1.54, 1.807) is 0 Å². The van der Waals surface area contributed by atoms with Crippen molar-refractivity contribution in [1.29, 1.82) is 0 Å². The molecule has 2 aromatic carbocycles. The molecule has 2 N–H and O–H groups in total. The number of anilines is 1. The van der Waals surface area contributed by atoms with Crippen LogP contribution in [0.25, 0.3) is 0 Å². The van der Waals surface area contributed by atoms with Gasteiger partial charge in [-0.1, -0.05) is 31.2 Å². The molecule has 0 atom stereocenters. The summed E-state index contributed by atoms with van der Waals surface area (Å²) in [5, 5.41) is 0. The minimum Gasteiger partial charge on any atom is -0.369 e. The van der Waals surface area contributed by atoms with Crippen LogP contribution >= 0.6 is 28.3 Å². The molecule has 0 aliphatic rings. The molecule has 5 heteroatoms. The van der Waals surface area contributed by atoms with Crippen LogP contribution in [0.1, 0.15) is 12.5 Å². The third-order valence-corrected chi connectivity index (χ3v) is 3.81. The Balaban J connectivity index is 0.00000220. The number of hydrogen-bond acceptors (Lipinski definition) is 1. The zero-order valence-corrected chi connectivity index (χ0v) is 14.5. The minimum absolute atomic E-state index is 0. The van der Waals surface area contributed by atoms with Crippen molar-refractivity contribution in [3.8, 4) is 0 Å². The lowest BCUT2D eigenvalue weighted by Crippen LogP contribution is -2.33. The normalized spacial score (nSPS) is 10.9. The van der Waals surface area contributed by atoms with Gasteiger partial charge >= 0.3 is 0 Å². The van der Waals surface area contributed by atoms with Crippen LogP contribution in [-0.4, -0.2) is 13.0 Å². The van der Waals surface area contributed by atoms with Crippen molar-refractivity contribution in [2.75, 3.05) is 11.9 Å². The molecule has 0 fully saturated rings. The monoisotopic (exact) mass is 367 g/mol. The maximum atomic E-state index is 6.10. The van der Waals surface area contributed by atoms with Crippen molar-refractivity contribution in [2.45, 2.75) is 13.3 Å². The first-order valence-corrected chi connectivity index (χ1v) is 7.32. The van der Waals surface area contributed by atoms with Crippen molar-refractivity contribution >= 4 is 45.7 Å². The van der Waals surface area contributed by atoms with Crippen LogP contribution in [0.4, 0.5) is 11.4 Å². The average Bonchev–Trinajstić information content (AvgIpc) is 2.48. The summed E-state index contributed by atoms with van der Waals surface area (Å²) in [5.74, 6) is 0.463. The molecule has 0 aliphatic heterocycles. The van der Waals surface area contributed by atoms with Crippen LogP contribution in [0.2, 0.25) is 0 Å². The Bertz CT molecular complexity index is 628. The summed E-state index contributed by atoms with van der Waals surface area (Å²) < 4.78 is 0.929. The molecule has 0 saturated heterocycles. The number of benzene rings is 2. The summed E-state index contributed by atoms with van der Waals surface area (Å²) in [4.78, 5) is 6.35. The quantitative estimate of drug-likeness (QED) is 0.639. The van der Waals surface area contributed by atoms with Gasteiger partial charge < -0.3 is 10.6 Å². The van der Waals surface area contributed by atoms with E-state index in [4.69, 9.17) is 5.73 Å². The van der Waals surface area contributed by atoms with Gasteiger partial charge in [0.15, 0.2) is 0 Å². The summed E-state index contributed by atoms with van der Waals surface area (Å²) in [6.07, 6.45) is 1.00. The van der Waals surface area contributed by atoms with E-state index in [0.717, 1.165) is 22.3 Å². The molecule has 0 heterocycles. The first-order valence-electron chi connectivity index (χ1n) is 6.53. The Morgan fingerprint density at radius 1 is 1.19 bits per heavy atom. The summed E-state index contributed by atoms with van der Waals surface area (Å²) in [5.41, 5.74) is 9.24. The number of guanidine groups is 1. The van der Waals surface area contributed by atoms with Gasteiger partial charge in [0.25, 0.3) is 0 Å². The topological polar surface area (TPSA) is 41.6 Å². The predicted octanol–water partition coefficient (Wildman–Crippen LogP) is 4.52. The third-order valence-electron chi connectivity index (χ3n) is 3.14. The molecule has 0 amide bonds. The molecular formula is C16H19BrClN3. The lowest BCUT2D eigenvalue weighted by atomic mass is 10.1. The Hall–Kier alpha value is -1.52. The molecule has 0 spiro atoms. The van der Waals surface area contributed by atoms with Crippen molar-refractivity contribution in [1.82, 2.24) is 0 Å². The molecule has 2 rings (SSSR count). The van der Waals surface area contributed by atoms with Crippen molar-refractivity contribution in [2.24, 2.45) is 10.7 Å². The minimum atomic E-state index is 0. The number of hydrogen-bond donors (Lipinski definition) is 1. The van der Waals surface area contributed by atoms with Gasteiger partial charge in [-0.15, -0.1) is 12.4 Å². The highest BCUT2D eigenvalue weighted by molar-refractivity contribution is 9.10. The SMILES string of the molecule is CCc1cccc(N(C)C(N)=Nc2ccccc2Br)c1.Cl. The molecule has 112 valence electrons. The van der Waals surface area contributed by atoms with Gasteiger partial charge in [0.05, 0.1) is 5.69 Å². The second-order valence-electron chi connectivity index (χ2n) is 4.50. The summed E-state index contributed by atoms with van der Waals surface area (Å²) in [6.45, 7) is 2.14. The number of para-hydroxylation sites is 1. The molecule has 0 saturated carbocycles. The molecule has 0 aliphatic carbocycles. The largest absolute Gasteiger partial charge is 0.369 e. The Morgan fingerprint density at radius 2 is 1.90 bits per heavy atom. The average molecular weight is 369 g/mol. The van der Waals surface area contributed by atoms with Gasteiger partial charge in [-0.25, -0.2) is 4.99 Å². The van der Waals surface area contributed by atoms with E-state index < -0.39 is 0 Å². The zero-order valence-electron chi connectivity index (χ0n) is 12.1. The van der Waals surface area contributed by atoms with Gasteiger partial charge in [0.2, 0.25) is 5.96 Å². The van der Waals surface area contributed by atoms with Crippen molar-refractivity contribution in [3.05, 3.63) is 58.6 Å². The summed E-state index contributed by atoms with van der Waals surface area (Å²) >= 11 is 3.47. The molecule has 2 aromatic rings. The fraction of sp³-hybridized carbons (Fsp3) is 0.188. The molecule has 21 heavy (non-hydrogen) atoms. The Kier molecular flexibility index (Phi) is 6.72.